The molecule has 1 unspecified atom stereocenters. The van der Waals surface area contributed by atoms with Crippen molar-refractivity contribution in [2.24, 2.45) is 0 Å². The first-order valence-corrected chi connectivity index (χ1v) is 10.8. The number of likely N-dealkylation sites (tertiary alicyclic amines) is 1. The van der Waals surface area contributed by atoms with Gasteiger partial charge in [0.15, 0.2) is 0 Å². The molecular weight excluding hydrogens is 376 g/mol. The van der Waals surface area contributed by atoms with Crippen LogP contribution in [0.2, 0.25) is 0 Å². The molecule has 0 spiro atoms. The molecule has 5 heteroatoms. The van der Waals surface area contributed by atoms with E-state index in [9.17, 15) is 9.90 Å². The molecule has 1 aliphatic rings. The van der Waals surface area contributed by atoms with Gasteiger partial charge in [0.1, 0.15) is 6.23 Å². The zero-order valence-corrected chi connectivity index (χ0v) is 17.4. The predicted molar refractivity (Wildman–Crippen MR) is 118 cm³/mol. The van der Waals surface area contributed by atoms with Gasteiger partial charge in [-0.15, -0.1) is 0 Å². The van der Waals surface area contributed by atoms with Crippen LogP contribution in [0.4, 0.5) is 0 Å². The van der Waals surface area contributed by atoms with E-state index in [0.29, 0.717) is 32.5 Å². The summed E-state index contributed by atoms with van der Waals surface area (Å²) in [7, 11) is 0. The lowest BCUT2D eigenvalue weighted by molar-refractivity contribution is -0.136. The number of carbonyl (C=O) groups is 1. The van der Waals surface area contributed by atoms with Crippen LogP contribution in [0.3, 0.4) is 0 Å². The maximum atomic E-state index is 13.2. The summed E-state index contributed by atoms with van der Waals surface area (Å²) in [4.78, 5) is 17.0. The van der Waals surface area contributed by atoms with Crippen LogP contribution in [0.15, 0.2) is 72.8 Å². The molecule has 0 aromatic heterocycles. The Hall–Kier alpha value is -2.47. The van der Waals surface area contributed by atoms with Gasteiger partial charge >= 0.3 is 0 Å². The number of carbonyl (C=O) groups excluding carboxylic acids is 1. The lowest BCUT2D eigenvalue weighted by atomic mass is 10.1. The predicted octanol–water partition coefficient (Wildman–Crippen LogP) is 3.33. The van der Waals surface area contributed by atoms with E-state index in [-0.39, 0.29) is 18.6 Å². The first-order chi connectivity index (χ1) is 14.7. The highest BCUT2D eigenvalue weighted by atomic mass is 16.3. The van der Waals surface area contributed by atoms with Crippen molar-refractivity contribution in [1.82, 2.24) is 9.80 Å². The zero-order chi connectivity index (χ0) is 21.2. The fourth-order valence-electron chi connectivity index (χ4n) is 3.93. The van der Waals surface area contributed by atoms with Gasteiger partial charge in [-0.3, -0.25) is 9.69 Å². The van der Waals surface area contributed by atoms with Crippen LogP contribution in [0.25, 0.3) is 0 Å². The van der Waals surface area contributed by atoms with E-state index in [4.69, 9.17) is 5.11 Å². The lowest BCUT2D eigenvalue weighted by Gasteiger charge is -2.28. The topological polar surface area (TPSA) is 64.0 Å². The fourth-order valence-corrected chi connectivity index (χ4v) is 3.93. The van der Waals surface area contributed by atoms with Crippen molar-refractivity contribution in [2.75, 3.05) is 13.2 Å². The molecule has 0 radical (unpaired) electrons. The van der Waals surface area contributed by atoms with E-state index in [1.807, 2.05) is 48.6 Å². The standard InChI is InChI=1S/C25H32N2O3/c28-17-11-3-1-2-10-16-27-24(29)18-23(25(27)30)26(19-21-12-6-4-7-13-21)20-22-14-8-5-9-15-22/h1,3-9,12-15,23-24,28-29H,2,10-11,16-20H2/b3-1+/t23-,24?/m0/s1. The number of rotatable bonds is 11. The number of nitrogens with zero attached hydrogens (tertiary/aromatic N) is 2. The van der Waals surface area contributed by atoms with Crippen molar-refractivity contribution in [3.63, 3.8) is 0 Å². The third-order valence-corrected chi connectivity index (χ3v) is 5.49. The number of benzene rings is 2. The van der Waals surface area contributed by atoms with Gasteiger partial charge < -0.3 is 15.1 Å². The molecule has 0 aliphatic carbocycles. The Balaban J connectivity index is 1.67. The van der Waals surface area contributed by atoms with E-state index < -0.39 is 6.23 Å². The third kappa shape index (κ3) is 6.26. The van der Waals surface area contributed by atoms with Crippen LogP contribution in [-0.2, 0) is 17.9 Å². The minimum Gasteiger partial charge on any atom is -0.396 e. The summed E-state index contributed by atoms with van der Waals surface area (Å²) in [6.45, 7) is 2.03. The number of aliphatic hydroxyl groups excluding tert-OH is 2. The molecule has 160 valence electrons. The molecule has 0 bridgehead atoms. The first-order valence-electron chi connectivity index (χ1n) is 10.8. The van der Waals surface area contributed by atoms with Gasteiger partial charge in [0.25, 0.3) is 0 Å². The highest BCUT2D eigenvalue weighted by Gasteiger charge is 2.41. The molecule has 1 aliphatic heterocycles. The Morgan fingerprint density at radius 3 is 2.07 bits per heavy atom. The molecule has 3 rings (SSSR count). The second-order valence-electron chi connectivity index (χ2n) is 7.77. The van der Waals surface area contributed by atoms with E-state index in [1.54, 1.807) is 4.90 Å². The zero-order valence-electron chi connectivity index (χ0n) is 17.4. The largest absolute Gasteiger partial charge is 0.396 e. The summed E-state index contributed by atoms with van der Waals surface area (Å²) in [6, 6.07) is 20.0. The molecule has 2 aromatic carbocycles. The Labute approximate surface area is 179 Å². The average Bonchev–Trinajstić information content (AvgIpc) is 3.05. The monoisotopic (exact) mass is 408 g/mol. The minimum atomic E-state index is -0.738. The SMILES string of the molecule is O=C1[C@@H](N(Cc2ccccc2)Cc2ccccc2)CC(O)N1CCC/C=C/CCO. The number of hydrogen-bond acceptors (Lipinski definition) is 4. The van der Waals surface area contributed by atoms with Gasteiger partial charge in [0.05, 0.1) is 6.04 Å². The van der Waals surface area contributed by atoms with Gasteiger partial charge in [-0.2, -0.15) is 0 Å². The summed E-state index contributed by atoms with van der Waals surface area (Å²) >= 11 is 0. The van der Waals surface area contributed by atoms with Gasteiger partial charge in [-0.05, 0) is 30.4 Å². The van der Waals surface area contributed by atoms with Crippen molar-refractivity contribution in [2.45, 2.75) is 51.0 Å². The van der Waals surface area contributed by atoms with Gasteiger partial charge in [0, 0.05) is 32.7 Å². The molecule has 0 saturated carbocycles. The Bertz CT molecular complexity index is 753. The molecule has 1 fully saturated rings. The summed E-state index contributed by atoms with van der Waals surface area (Å²) in [5.41, 5.74) is 2.31. The third-order valence-electron chi connectivity index (χ3n) is 5.49. The fraction of sp³-hybridized carbons (Fsp3) is 0.400. The van der Waals surface area contributed by atoms with Crippen LogP contribution in [0, 0.1) is 0 Å². The van der Waals surface area contributed by atoms with Gasteiger partial charge in [-0.1, -0.05) is 72.8 Å². The molecule has 2 aromatic rings. The molecule has 1 saturated heterocycles. The van der Waals surface area contributed by atoms with E-state index in [0.717, 1.165) is 24.0 Å². The molecule has 5 nitrogen and oxygen atoms in total. The highest BCUT2D eigenvalue weighted by Crippen LogP contribution is 2.26. The average molecular weight is 409 g/mol. The van der Waals surface area contributed by atoms with Crippen LogP contribution in [-0.4, -0.2) is 51.3 Å². The van der Waals surface area contributed by atoms with Crippen molar-refractivity contribution in [3.8, 4) is 0 Å². The lowest BCUT2D eigenvalue weighted by Crippen LogP contribution is -2.42. The normalized spacial score (nSPS) is 19.3. The van der Waals surface area contributed by atoms with Crippen molar-refractivity contribution in [3.05, 3.63) is 83.9 Å². The first kappa shape index (κ1) is 22.2. The van der Waals surface area contributed by atoms with E-state index in [2.05, 4.69) is 29.2 Å². The van der Waals surface area contributed by atoms with Crippen molar-refractivity contribution in [1.29, 1.82) is 0 Å². The maximum Gasteiger partial charge on any atom is 0.242 e. The smallest absolute Gasteiger partial charge is 0.242 e. The number of allylic oxidation sites excluding steroid dienone is 1. The van der Waals surface area contributed by atoms with E-state index in [1.165, 1.54) is 0 Å². The summed E-state index contributed by atoms with van der Waals surface area (Å²) in [5.74, 6) is 0.00806. The van der Waals surface area contributed by atoms with Crippen LogP contribution in [0.1, 0.15) is 36.8 Å². The van der Waals surface area contributed by atoms with Gasteiger partial charge in [0.2, 0.25) is 5.91 Å². The van der Waals surface area contributed by atoms with Crippen molar-refractivity contribution < 1.29 is 15.0 Å². The number of hydrogen-bond donors (Lipinski definition) is 2. The van der Waals surface area contributed by atoms with Crippen molar-refractivity contribution >= 4 is 5.91 Å². The molecule has 30 heavy (non-hydrogen) atoms. The quantitative estimate of drug-likeness (QED) is 0.442. The molecule has 2 atom stereocenters. The molecule has 1 heterocycles. The molecule has 2 N–H and O–H groups in total. The van der Waals surface area contributed by atoms with Crippen LogP contribution in [0.5, 0.6) is 0 Å². The van der Waals surface area contributed by atoms with Crippen LogP contribution < -0.4 is 0 Å². The summed E-state index contributed by atoms with van der Waals surface area (Å²) in [5, 5.41) is 19.4. The highest BCUT2D eigenvalue weighted by molar-refractivity contribution is 5.84. The number of aliphatic hydroxyl groups is 2. The van der Waals surface area contributed by atoms with Crippen LogP contribution >= 0.6 is 0 Å². The second-order valence-corrected chi connectivity index (χ2v) is 7.77. The minimum absolute atomic E-state index is 0.00806. The Morgan fingerprint density at radius 2 is 1.50 bits per heavy atom. The maximum absolute atomic E-state index is 13.2. The summed E-state index contributed by atoms with van der Waals surface area (Å²) in [6.07, 6.45) is 5.95. The van der Waals surface area contributed by atoms with E-state index >= 15 is 0 Å². The Kier molecular flexibility index (Phi) is 8.63. The number of unbranched alkanes of at least 4 members (excludes halogenated alkanes) is 1. The molecular formula is C25H32N2O3. The van der Waals surface area contributed by atoms with Gasteiger partial charge in [-0.25, -0.2) is 0 Å². The second kappa shape index (κ2) is 11.6. The number of amides is 1. The Morgan fingerprint density at radius 1 is 0.933 bits per heavy atom. The summed E-state index contributed by atoms with van der Waals surface area (Å²) < 4.78 is 0. The molecule has 1 amide bonds.